The molecule has 0 aromatic heterocycles. The second-order valence-corrected chi connectivity index (χ2v) is 7.22. The first-order valence-corrected chi connectivity index (χ1v) is 9.46. The summed E-state index contributed by atoms with van der Waals surface area (Å²) in [4.78, 5) is 0. The Balaban J connectivity index is 2.15. The van der Waals surface area contributed by atoms with Gasteiger partial charge in [-0.05, 0) is 24.3 Å². The first-order valence-electron chi connectivity index (χ1n) is 6.95. The van der Waals surface area contributed by atoms with Gasteiger partial charge in [-0.1, -0.05) is 52.3 Å². The van der Waals surface area contributed by atoms with Gasteiger partial charge in [0, 0.05) is 5.33 Å². The van der Waals surface area contributed by atoms with Crippen LogP contribution in [0.4, 0.5) is 21.5 Å². The summed E-state index contributed by atoms with van der Waals surface area (Å²) >= 11 is 3.26. The van der Waals surface area contributed by atoms with Crippen molar-refractivity contribution in [3.8, 4) is 0 Å². The van der Waals surface area contributed by atoms with E-state index in [4.69, 9.17) is 0 Å². The molecule has 120 valence electrons. The number of fused-ring (bicyclic) bond motifs is 1. The number of alkyl halides is 1. The molecule has 2 aromatic carbocycles. The Morgan fingerprint density at radius 2 is 1.57 bits per heavy atom. The van der Waals surface area contributed by atoms with Crippen molar-refractivity contribution >= 4 is 43.2 Å². The van der Waals surface area contributed by atoms with Crippen LogP contribution in [0.15, 0.2) is 60.7 Å². The van der Waals surface area contributed by atoms with E-state index in [-0.39, 0.29) is 12.2 Å². The molecule has 1 aliphatic rings. The van der Waals surface area contributed by atoms with Gasteiger partial charge in [0.2, 0.25) is 0 Å². The lowest BCUT2D eigenvalue weighted by Gasteiger charge is -2.21. The van der Waals surface area contributed by atoms with Gasteiger partial charge in [0.1, 0.15) is 5.82 Å². The number of hydrogen-bond acceptors (Lipinski definition) is 2. The predicted molar refractivity (Wildman–Crippen MR) is 94.2 cm³/mol. The van der Waals surface area contributed by atoms with Gasteiger partial charge >= 0.3 is 10.2 Å². The zero-order chi connectivity index (χ0) is 16.4. The van der Waals surface area contributed by atoms with E-state index in [0.29, 0.717) is 16.7 Å². The molecule has 0 saturated carbocycles. The predicted octanol–water partition coefficient (Wildman–Crippen LogP) is 3.98. The molecule has 0 spiro atoms. The molecule has 4 nitrogen and oxygen atoms in total. The van der Waals surface area contributed by atoms with Crippen molar-refractivity contribution < 1.29 is 12.8 Å². The molecule has 0 radical (unpaired) electrons. The van der Waals surface area contributed by atoms with E-state index >= 15 is 0 Å². The Morgan fingerprint density at radius 3 is 2.22 bits per heavy atom. The fraction of sp³-hybridized carbons (Fsp3) is 0.125. The lowest BCUT2D eigenvalue weighted by atomic mass is 10.2. The number of benzene rings is 2. The van der Waals surface area contributed by atoms with Crippen LogP contribution < -0.4 is 8.61 Å². The Bertz CT molecular complexity index is 855. The fourth-order valence-electron chi connectivity index (χ4n) is 2.49. The van der Waals surface area contributed by atoms with Crippen LogP contribution in [0.3, 0.4) is 0 Å². The number of halogens is 2. The SMILES string of the molecule is O=S1(=O)N(C/C=C/CBr)c2ccccc2N1c1ccccc1F. The molecule has 3 rings (SSSR count). The van der Waals surface area contributed by atoms with Crippen LogP contribution in [-0.2, 0) is 10.2 Å². The number of para-hydroxylation sites is 3. The number of nitrogens with zero attached hydrogens (tertiary/aromatic N) is 2. The molecule has 1 heterocycles. The average Bonchev–Trinajstić information content (AvgIpc) is 2.76. The number of rotatable bonds is 4. The minimum Gasteiger partial charge on any atom is -0.247 e. The van der Waals surface area contributed by atoms with Crippen LogP contribution in [0.1, 0.15) is 0 Å². The van der Waals surface area contributed by atoms with Crippen molar-refractivity contribution in [1.82, 2.24) is 0 Å². The Labute approximate surface area is 143 Å². The van der Waals surface area contributed by atoms with E-state index in [1.54, 1.807) is 36.4 Å². The molecule has 0 saturated heterocycles. The van der Waals surface area contributed by atoms with Gasteiger partial charge < -0.3 is 0 Å². The lowest BCUT2D eigenvalue weighted by molar-refractivity contribution is 0.592. The first-order chi connectivity index (χ1) is 11.1. The largest absolute Gasteiger partial charge is 0.331 e. The van der Waals surface area contributed by atoms with E-state index in [1.807, 2.05) is 6.08 Å². The zero-order valence-electron chi connectivity index (χ0n) is 12.1. The van der Waals surface area contributed by atoms with Crippen LogP contribution in [-0.4, -0.2) is 20.3 Å². The van der Waals surface area contributed by atoms with Crippen molar-refractivity contribution in [2.45, 2.75) is 0 Å². The summed E-state index contributed by atoms with van der Waals surface area (Å²) in [5, 5.41) is 0.638. The topological polar surface area (TPSA) is 40.6 Å². The summed E-state index contributed by atoms with van der Waals surface area (Å²) in [6.07, 6.45) is 3.58. The highest BCUT2D eigenvalue weighted by Crippen LogP contribution is 2.45. The van der Waals surface area contributed by atoms with Crippen LogP contribution in [0, 0.1) is 5.82 Å². The van der Waals surface area contributed by atoms with E-state index in [0.717, 1.165) is 4.31 Å². The Kier molecular flexibility index (Phi) is 4.41. The summed E-state index contributed by atoms with van der Waals surface area (Å²) < 4.78 is 42.4. The van der Waals surface area contributed by atoms with Gasteiger partial charge in [0.05, 0.1) is 23.6 Å². The molecule has 7 heteroatoms. The highest BCUT2D eigenvalue weighted by Gasteiger charge is 2.41. The molecule has 0 atom stereocenters. The molecule has 2 aromatic rings. The summed E-state index contributed by atoms with van der Waals surface area (Å²) in [5.41, 5.74) is 1.01. The normalized spacial score (nSPS) is 16.1. The van der Waals surface area contributed by atoms with Crippen LogP contribution >= 0.6 is 15.9 Å². The van der Waals surface area contributed by atoms with E-state index in [9.17, 15) is 12.8 Å². The quantitative estimate of drug-likeness (QED) is 0.579. The monoisotopic (exact) mass is 396 g/mol. The fourth-order valence-corrected chi connectivity index (χ4v) is 4.43. The Hall–Kier alpha value is -1.86. The molecule has 0 N–H and O–H groups in total. The maximum atomic E-state index is 14.2. The van der Waals surface area contributed by atoms with Crippen molar-refractivity contribution in [2.24, 2.45) is 0 Å². The molecule has 0 fully saturated rings. The highest BCUT2D eigenvalue weighted by atomic mass is 79.9. The second kappa shape index (κ2) is 6.33. The summed E-state index contributed by atoms with van der Waals surface area (Å²) in [6.45, 7) is 0.190. The van der Waals surface area contributed by atoms with Gasteiger partial charge in [0.25, 0.3) is 0 Å². The zero-order valence-corrected chi connectivity index (χ0v) is 14.5. The average molecular weight is 397 g/mol. The molecule has 1 aliphatic heterocycles. The number of hydrogen-bond donors (Lipinski definition) is 0. The maximum Gasteiger partial charge on any atom is 0.331 e. The van der Waals surface area contributed by atoms with Crippen molar-refractivity contribution in [2.75, 3.05) is 20.5 Å². The van der Waals surface area contributed by atoms with Gasteiger partial charge in [0.15, 0.2) is 0 Å². The third kappa shape index (κ3) is 2.74. The minimum absolute atomic E-state index is 0.0203. The maximum absolute atomic E-state index is 14.2. The smallest absolute Gasteiger partial charge is 0.247 e. The minimum atomic E-state index is -3.88. The number of anilines is 3. The van der Waals surface area contributed by atoms with E-state index in [2.05, 4.69) is 15.9 Å². The molecular formula is C16H14BrFN2O2S. The van der Waals surface area contributed by atoms with Crippen molar-refractivity contribution in [1.29, 1.82) is 0 Å². The molecule has 0 aliphatic carbocycles. The lowest BCUT2D eigenvalue weighted by Crippen LogP contribution is -2.35. The van der Waals surface area contributed by atoms with Gasteiger partial charge in [-0.15, -0.1) is 0 Å². The molecule has 0 amide bonds. The van der Waals surface area contributed by atoms with E-state index in [1.165, 1.54) is 22.5 Å². The standard InChI is InChI=1S/C16H14BrFN2O2S/c17-11-5-6-12-19-15-9-3-4-10-16(15)20(23(19,21)22)14-8-2-1-7-13(14)18/h1-10H,11-12H2/b6-5+. The van der Waals surface area contributed by atoms with Crippen LogP contribution in [0.2, 0.25) is 0 Å². The third-order valence-corrected chi connectivity index (χ3v) is 5.61. The number of allylic oxidation sites excluding steroid dienone is 1. The first kappa shape index (κ1) is 16.0. The third-order valence-electron chi connectivity index (χ3n) is 3.48. The molecule has 0 bridgehead atoms. The van der Waals surface area contributed by atoms with Gasteiger partial charge in [-0.3, -0.25) is 0 Å². The van der Waals surface area contributed by atoms with Crippen LogP contribution in [0.5, 0.6) is 0 Å². The summed E-state index contributed by atoms with van der Waals surface area (Å²) in [6, 6.07) is 12.7. The molecular weight excluding hydrogens is 383 g/mol. The summed E-state index contributed by atoms with van der Waals surface area (Å²) in [5.74, 6) is -0.580. The molecule has 0 unspecified atom stereocenters. The summed E-state index contributed by atoms with van der Waals surface area (Å²) in [7, 11) is -3.88. The Morgan fingerprint density at radius 1 is 0.957 bits per heavy atom. The second-order valence-electron chi connectivity index (χ2n) is 4.87. The van der Waals surface area contributed by atoms with Crippen LogP contribution in [0.25, 0.3) is 0 Å². The highest BCUT2D eigenvalue weighted by molar-refractivity contribution is 9.09. The van der Waals surface area contributed by atoms with E-state index < -0.39 is 16.0 Å². The van der Waals surface area contributed by atoms with Gasteiger partial charge in [-0.2, -0.15) is 8.42 Å². The van der Waals surface area contributed by atoms with Gasteiger partial charge in [-0.25, -0.2) is 13.0 Å². The van der Waals surface area contributed by atoms with Crippen molar-refractivity contribution in [3.63, 3.8) is 0 Å². The molecule has 23 heavy (non-hydrogen) atoms. The van der Waals surface area contributed by atoms with Crippen molar-refractivity contribution in [3.05, 3.63) is 66.5 Å².